The largest absolute Gasteiger partial charge is 0.300 e. The van der Waals surface area contributed by atoms with Crippen LogP contribution in [-0.2, 0) is 28.9 Å². The predicted molar refractivity (Wildman–Crippen MR) is 165 cm³/mol. The van der Waals surface area contributed by atoms with Crippen molar-refractivity contribution in [2.75, 3.05) is 0 Å². The summed E-state index contributed by atoms with van der Waals surface area (Å²) < 4.78 is 0. The maximum Gasteiger partial charge on any atom is 0.163 e. The molecule has 3 unspecified atom stereocenters. The van der Waals surface area contributed by atoms with Gasteiger partial charge in [0.1, 0.15) is 11.6 Å². The first-order valence-electron chi connectivity index (χ1n) is 16.0. The lowest BCUT2D eigenvalue weighted by Gasteiger charge is -2.32. The molecule has 2 aromatic rings. The monoisotopic (exact) mass is 542 g/mol. The number of Topliss-reactive ketones (excluding diaryl/α,β-unsaturated/α-hetero) is 3. The lowest BCUT2D eigenvalue weighted by atomic mass is 9.71. The van der Waals surface area contributed by atoms with Crippen molar-refractivity contribution in [1.82, 2.24) is 0 Å². The van der Waals surface area contributed by atoms with E-state index in [1.807, 2.05) is 0 Å². The van der Waals surface area contributed by atoms with Crippen molar-refractivity contribution in [2.45, 2.75) is 118 Å². The summed E-state index contributed by atoms with van der Waals surface area (Å²) in [5.41, 5.74) is 8.59. The molecule has 0 radical (unpaired) electrons. The molecule has 40 heavy (non-hydrogen) atoms. The second-order valence-corrected chi connectivity index (χ2v) is 12.8. The van der Waals surface area contributed by atoms with Gasteiger partial charge < -0.3 is 0 Å². The molecule has 2 aliphatic carbocycles. The number of carbonyl (C=O) groups is 3. The molecule has 0 bridgehead atoms. The third-order valence-electron chi connectivity index (χ3n) is 9.79. The van der Waals surface area contributed by atoms with E-state index in [1.54, 1.807) is 0 Å². The van der Waals surface area contributed by atoms with E-state index in [0.29, 0.717) is 6.42 Å². The molecular formula is C37H50O3. The quantitative estimate of drug-likeness (QED) is 0.237. The molecule has 0 spiro atoms. The van der Waals surface area contributed by atoms with Gasteiger partial charge in [-0.3, -0.25) is 14.4 Å². The maximum absolute atomic E-state index is 13.6. The number of hydrogen-bond acceptors (Lipinski definition) is 3. The van der Waals surface area contributed by atoms with Crippen LogP contribution >= 0.6 is 0 Å². The van der Waals surface area contributed by atoms with E-state index in [1.165, 1.54) is 60.4 Å². The molecule has 0 amide bonds. The molecule has 2 aliphatic rings. The summed E-state index contributed by atoms with van der Waals surface area (Å²) in [4.78, 5) is 38.4. The van der Waals surface area contributed by atoms with Gasteiger partial charge in [0.2, 0.25) is 0 Å². The summed E-state index contributed by atoms with van der Waals surface area (Å²) in [7, 11) is 0. The number of ketones is 3. The van der Waals surface area contributed by atoms with Crippen LogP contribution in [0.5, 0.6) is 0 Å². The van der Waals surface area contributed by atoms with E-state index in [4.69, 9.17) is 0 Å². The zero-order valence-electron chi connectivity index (χ0n) is 25.6. The first kappa shape index (κ1) is 30.4. The molecule has 0 aromatic heterocycles. The van der Waals surface area contributed by atoms with Crippen LogP contribution in [0.15, 0.2) is 30.3 Å². The first-order chi connectivity index (χ1) is 19.2. The SMILES string of the molecule is CCCC(CC1CC(=O)c2c(C)ccc(-c3ccc(CC)c(CC4CCCC4)c3)c2C1)C(CC)C(=O)CC(C)=O. The minimum atomic E-state index is -0.0999. The molecule has 2 aromatic carbocycles. The van der Waals surface area contributed by atoms with Crippen LogP contribution in [0.25, 0.3) is 11.1 Å². The van der Waals surface area contributed by atoms with E-state index in [0.717, 1.165) is 62.0 Å². The number of aryl methyl sites for hydroxylation is 2. The number of carbonyl (C=O) groups excluding carboxylic acids is 3. The van der Waals surface area contributed by atoms with Crippen molar-refractivity contribution in [3.63, 3.8) is 0 Å². The normalized spacial score (nSPS) is 18.9. The highest BCUT2D eigenvalue weighted by Crippen LogP contribution is 2.41. The van der Waals surface area contributed by atoms with Gasteiger partial charge in [-0.1, -0.05) is 89.6 Å². The molecule has 0 N–H and O–H groups in total. The summed E-state index contributed by atoms with van der Waals surface area (Å²) in [5, 5.41) is 0. The minimum absolute atomic E-state index is 0.0332. The zero-order valence-corrected chi connectivity index (χ0v) is 25.6. The molecular weight excluding hydrogens is 492 g/mol. The van der Waals surface area contributed by atoms with Crippen LogP contribution in [0.4, 0.5) is 0 Å². The van der Waals surface area contributed by atoms with Crippen molar-refractivity contribution in [1.29, 1.82) is 0 Å². The summed E-state index contributed by atoms with van der Waals surface area (Å²) in [6.45, 7) is 10.1. The van der Waals surface area contributed by atoms with Gasteiger partial charge in [-0.15, -0.1) is 0 Å². The minimum Gasteiger partial charge on any atom is -0.300 e. The Labute approximate surface area is 242 Å². The van der Waals surface area contributed by atoms with Crippen LogP contribution in [0.3, 0.4) is 0 Å². The highest BCUT2D eigenvalue weighted by atomic mass is 16.1. The van der Waals surface area contributed by atoms with Gasteiger partial charge in [-0.05, 0) is 97.1 Å². The fraction of sp³-hybridized carbons (Fsp3) is 0.595. The standard InChI is InChI=1S/C37H50O3/c1-6-11-29(32(8-3)35(39)18-25(5)38)20-27-21-34-33(17-14-24(4)37(34)36(40)22-27)30-16-15-28(7-2)31(23-30)19-26-12-9-10-13-26/h14-17,23,26-27,29,32H,6-13,18-22H2,1-5H3. The smallest absolute Gasteiger partial charge is 0.163 e. The lowest BCUT2D eigenvalue weighted by molar-refractivity contribution is -0.129. The summed E-state index contributed by atoms with van der Waals surface area (Å²) in [5.74, 6) is 1.42. The molecule has 0 saturated heterocycles. The van der Waals surface area contributed by atoms with Crippen molar-refractivity contribution >= 4 is 17.3 Å². The zero-order chi connectivity index (χ0) is 28.8. The average molecular weight is 543 g/mol. The Hall–Kier alpha value is -2.55. The van der Waals surface area contributed by atoms with Gasteiger partial charge in [-0.25, -0.2) is 0 Å². The second-order valence-electron chi connectivity index (χ2n) is 12.8. The summed E-state index contributed by atoms with van der Waals surface area (Å²) >= 11 is 0. The molecule has 0 aliphatic heterocycles. The fourth-order valence-corrected chi connectivity index (χ4v) is 7.86. The van der Waals surface area contributed by atoms with E-state index in [9.17, 15) is 14.4 Å². The Balaban J connectivity index is 1.65. The molecule has 3 atom stereocenters. The molecule has 3 heteroatoms. The lowest BCUT2D eigenvalue weighted by Crippen LogP contribution is -2.30. The van der Waals surface area contributed by atoms with Gasteiger partial charge in [0.15, 0.2) is 5.78 Å². The fourth-order valence-electron chi connectivity index (χ4n) is 7.86. The molecule has 1 fully saturated rings. The molecule has 216 valence electrons. The highest BCUT2D eigenvalue weighted by molar-refractivity contribution is 6.02. The van der Waals surface area contributed by atoms with Crippen LogP contribution in [-0.4, -0.2) is 17.3 Å². The third kappa shape index (κ3) is 7.01. The third-order valence-corrected chi connectivity index (χ3v) is 9.79. The summed E-state index contributed by atoms with van der Waals surface area (Å²) in [6.07, 6.45) is 12.7. The maximum atomic E-state index is 13.6. The Morgan fingerprint density at radius 1 is 0.950 bits per heavy atom. The van der Waals surface area contributed by atoms with Crippen LogP contribution < -0.4 is 0 Å². The Kier molecular flexibility index (Phi) is 10.6. The number of fused-ring (bicyclic) bond motifs is 1. The van der Waals surface area contributed by atoms with E-state index in [2.05, 4.69) is 58.0 Å². The van der Waals surface area contributed by atoms with E-state index >= 15 is 0 Å². The van der Waals surface area contributed by atoms with Crippen LogP contribution in [0, 0.1) is 30.6 Å². The first-order valence-corrected chi connectivity index (χ1v) is 16.0. The molecule has 1 saturated carbocycles. The number of hydrogen-bond donors (Lipinski definition) is 0. The second kappa shape index (κ2) is 13.9. The summed E-state index contributed by atoms with van der Waals surface area (Å²) in [6, 6.07) is 11.4. The van der Waals surface area contributed by atoms with Crippen molar-refractivity contribution in [3.8, 4) is 11.1 Å². The Morgan fingerprint density at radius 3 is 2.35 bits per heavy atom. The molecule has 0 heterocycles. The number of benzene rings is 2. The van der Waals surface area contributed by atoms with Crippen molar-refractivity contribution in [2.24, 2.45) is 23.7 Å². The van der Waals surface area contributed by atoms with Crippen LogP contribution in [0.2, 0.25) is 0 Å². The van der Waals surface area contributed by atoms with Gasteiger partial charge in [0.05, 0.1) is 6.42 Å². The Morgan fingerprint density at radius 2 is 1.70 bits per heavy atom. The molecule has 4 rings (SSSR count). The van der Waals surface area contributed by atoms with Gasteiger partial charge in [-0.2, -0.15) is 0 Å². The van der Waals surface area contributed by atoms with Crippen molar-refractivity contribution in [3.05, 3.63) is 58.1 Å². The van der Waals surface area contributed by atoms with Crippen molar-refractivity contribution < 1.29 is 14.4 Å². The predicted octanol–water partition coefficient (Wildman–Crippen LogP) is 9.08. The van der Waals surface area contributed by atoms with E-state index in [-0.39, 0.29) is 41.5 Å². The van der Waals surface area contributed by atoms with Gasteiger partial charge >= 0.3 is 0 Å². The van der Waals surface area contributed by atoms with Gasteiger partial charge in [0.25, 0.3) is 0 Å². The van der Waals surface area contributed by atoms with E-state index < -0.39 is 0 Å². The topological polar surface area (TPSA) is 51.2 Å². The number of rotatable bonds is 13. The average Bonchev–Trinajstić information content (AvgIpc) is 3.42. The molecule has 3 nitrogen and oxygen atoms in total. The Bertz CT molecular complexity index is 1220. The highest BCUT2D eigenvalue weighted by Gasteiger charge is 2.34. The van der Waals surface area contributed by atoms with Gasteiger partial charge in [0, 0.05) is 17.9 Å². The van der Waals surface area contributed by atoms with Crippen LogP contribution in [0.1, 0.15) is 125 Å².